The molecule has 7 heteroatoms. The monoisotopic (exact) mass is 373 g/mol. The van der Waals surface area contributed by atoms with Crippen molar-refractivity contribution in [2.24, 2.45) is 0 Å². The zero-order chi connectivity index (χ0) is 19.5. The van der Waals surface area contributed by atoms with Crippen LogP contribution in [0.15, 0.2) is 77.5 Å². The molecule has 0 spiro atoms. The Balaban J connectivity index is 1.53. The molecule has 1 atom stereocenters. The van der Waals surface area contributed by atoms with Crippen molar-refractivity contribution in [3.63, 3.8) is 0 Å². The highest BCUT2D eigenvalue weighted by Crippen LogP contribution is 2.27. The number of nitrogens with two attached hydrogens (primary N) is 1. The number of para-hydroxylation sites is 1. The zero-order valence-corrected chi connectivity index (χ0v) is 15.2. The fraction of sp³-hybridized carbons (Fsp3) is 0.0952. The average Bonchev–Trinajstić information content (AvgIpc) is 3.36. The molecule has 0 aliphatic carbocycles. The van der Waals surface area contributed by atoms with Gasteiger partial charge < -0.3 is 15.5 Å². The summed E-state index contributed by atoms with van der Waals surface area (Å²) in [6.07, 6.45) is 2.89. The minimum atomic E-state index is -0.319. The summed E-state index contributed by atoms with van der Waals surface area (Å²) >= 11 is 0. The van der Waals surface area contributed by atoms with Crippen LogP contribution in [0.1, 0.15) is 29.0 Å². The van der Waals surface area contributed by atoms with E-state index in [4.69, 9.17) is 10.2 Å². The Morgan fingerprint density at radius 2 is 1.79 bits per heavy atom. The van der Waals surface area contributed by atoms with Crippen LogP contribution in [0.4, 0.5) is 5.82 Å². The highest BCUT2D eigenvalue weighted by Gasteiger charge is 2.19. The first kappa shape index (κ1) is 17.5. The van der Waals surface area contributed by atoms with Crippen LogP contribution >= 0.6 is 0 Å². The number of hydrogen-bond acceptors (Lipinski definition) is 5. The van der Waals surface area contributed by atoms with Crippen molar-refractivity contribution in [3.8, 4) is 17.1 Å². The number of anilines is 1. The topological polar surface area (TPSA) is 99.0 Å². The first-order chi connectivity index (χ1) is 13.6. The summed E-state index contributed by atoms with van der Waals surface area (Å²) in [6.45, 7) is 1.91. The number of nitrogens with one attached hydrogen (secondary N) is 1. The van der Waals surface area contributed by atoms with Gasteiger partial charge in [-0.2, -0.15) is 5.10 Å². The molecule has 1 amide bonds. The summed E-state index contributed by atoms with van der Waals surface area (Å²) in [4.78, 5) is 16.8. The number of amides is 1. The third kappa shape index (κ3) is 3.37. The van der Waals surface area contributed by atoms with Crippen LogP contribution in [0, 0.1) is 0 Å². The third-order valence-corrected chi connectivity index (χ3v) is 4.42. The molecule has 2 aromatic heterocycles. The van der Waals surface area contributed by atoms with Crippen LogP contribution in [0.2, 0.25) is 0 Å². The molecule has 2 heterocycles. The number of carbonyl (C=O) groups is 1. The maximum Gasteiger partial charge on any atom is 0.273 e. The Morgan fingerprint density at radius 1 is 1.11 bits per heavy atom. The first-order valence-electron chi connectivity index (χ1n) is 8.84. The van der Waals surface area contributed by atoms with Gasteiger partial charge in [-0.25, -0.2) is 9.67 Å². The molecule has 0 bridgehead atoms. The largest absolute Gasteiger partial charge is 0.443 e. The van der Waals surface area contributed by atoms with Crippen molar-refractivity contribution in [2.75, 3.05) is 5.73 Å². The van der Waals surface area contributed by atoms with E-state index in [1.807, 2.05) is 67.6 Å². The van der Waals surface area contributed by atoms with Gasteiger partial charge in [0, 0.05) is 0 Å². The Morgan fingerprint density at radius 3 is 2.50 bits per heavy atom. The molecule has 1 unspecified atom stereocenters. The van der Waals surface area contributed by atoms with E-state index in [-0.39, 0.29) is 23.5 Å². The second-order valence-electron chi connectivity index (χ2n) is 6.33. The van der Waals surface area contributed by atoms with Gasteiger partial charge in [-0.3, -0.25) is 4.79 Å². The van der Waals surface area contributed by atoms with E-state index >= 15 is 0 Å². The third-order valence-electron chi connectivity index (χ3n) is 4.42. The van der Waals surface area contributed by atoms with Gasteiger partial charge in [-0.1, -0.05) is 48.5 Å². The Bertz CT molecular complexity index is 1090. The summed E-state index contributed by atoms with van der Waals surface area (Å²) in [5.41, 5.74) is 8.75. The molecular weight excluding hydrogens is 354 g/mol. The summed E-state index contributed by atoms with van der Waals surface area (Å²) in [5, 5.41) is 7.21. The molecule has 7 nitrogen and oxygen atoms in total. The van der Waals surface area contributed by atoms with E-state index in [2.05, 4.69) is 15.4 Å². The molecule has 28 heavy (non-hydrogen) atoms. The molecule has 140 valence electrons. The van der Waals surface area contributed by atoms with Gasteiger partial charge in [0.1, 0.15) is 12.1 Å². The number of benzene rings is 2. The van der Waals surface area contributed by atoms with E-state index in [1.165, 1.54) is 6.26 Å². The first-order valence-corrected chi connectivity index (χ1v) is 8.84. The van der Waals surface area contributed by atoms with E-state index in [1.54, 1.807) is 10.9 Å². The molecule has 4 aromatic rings. The van der Waals surface area contributed by atoms with Gasteiger partial charge >= 0.3 is 0 Å². The van der Waals surface area contributed by atoms with E-state index in [9.17, 15) is 4.79 Å². The van der Waals surface area contributed by atoms with Crippen LogP contribution in [0.5, 0.6) is 0 Å². The van der Waals surface area contributed by atoms with Crippen LogP contribution in [0.25, 0.3) is 17.1 Å². The summed E-state index contributed by atoms with van der Waals surface area (Å²) in [5.74, 6) is 0.315. The number of nitrogens with zero attached hydrogens (tertiary/aromatic N) is 3. The van der Waals surface area contributed by atoms with Crippen molar-refractivity contribution >= 4 is 11.7 Å². The fourth-order valence-corrected chi connectivity index (χ4v) is 2.89. The molecular formula is C21H19N5O2. The Kier molecular flexibility index (Phi) is 4.63. The lowest BCUT2D eigenvalue weighted by molar-refractivity contribution is 0.0935. The van der Waals surface area contributed by atoms with E-state index in [0.29, 0.717) is 11.4 Å². The lowest BCUT2D eigenvalue weighted by atomic mass is 10.1. The van der Waals surface area contributed by atoms with Crippen molar-refractivity contribution in [3.05, 3.63) is 84.4 Å². The zero-order valence-electron chi connectivity index (χ0n) is 15.2. The minimum absolute atomic E-state index is 0.153. The summed E-state index contributed by atoms with van der Waals surface area (Å²) in [6, 6.07) is 19.1. The Labute approximate surface area is 161 Å². The quantitative estimate of drug-likeness (QED) is 0.557. The molecule has 0 saturated carbocycles. The highest BCUT2D eigenvalue weighted by atomic mass is 16.3. The number of carbonyl (C=O) groups excluding carboxylic acids is 1. The van der Waals surface area contributed by atoms with Crippen molar-refractivity contribution < 1.29 is 9.21 Å². The van der Waals surface area contributed by atoms with E-state index < -0.39 is 0 Å². The lowest BCUT2D eigenvalue weighted by Gasteiger charge is -2.12. The van der Waals surface area contributed by atoms with Crippen molar-refractivity contribution in [1.82, 2.24) is 20.1 Å². The van der Waals surface area contributed by atoms with E-state index in [0.717, 1.165) is 11.3 Å². The lowest BCUT2D eigenvalue weighted by Crippen LogP contribution is -2.26. The van der Waals surface area contributed by atoms with Gasteiger partial charge in [0.25, 0.3) is 5.91 Å². The molecule has 0 fully saturated rings. The maximum absolute atomic E-state index is 12.5. The molecule has 4 rings (SSSR count). The maximum atomic E-state index is 12.5. The van der Waals surface area contributed by atoms with Gasteiger partial charge in [0.05, 0.1) is 23.5 Å². The van der Waals surface area contributed by atoms with Gasteiger partial charge in [-0.15, -0.1) is 0 Å². The van der Waals surface area contributed by atoms with Crippen LogP contribution in [-0.4, -0.2) is 20.7 Å². The average molecular weight is 373 g/mol. The second-order valence-corrected chi connectivity index (χ2v) is 6.33. The highest BCUT2D eigenvalue weighted by molar-refractivity contribution is 5.92. The summed E-state index contributed by atoms with van der Waals surface area (Å²) < 4.78 is 7.08. The predicted octanol–water partition coefficient (Wildman–Crippen LogP) is 3.60. The van der Waals surface area contributed by atoms with Crippen LogP contribution < -0.4 is 11.1 Å². The standard InChI is InChI=1S/C21H19N5O2/c1-14(15-8-4-2-5-9-15)24-20(27)18-13-28-21(25-18)17-12-23-26(19(17)22)16-10-6-3-7-11-16/h2-14H,22H2,1H3,(H,24,27). The predicted molar refractivity (Wildman–Crippen MR) is 106 cm³/mol. The molecule has 0 radical (unpaired) electrons. The number of rotatable bonds is 5. The molecule has 0 saturated heterocycles. The van der Waals surface area contributed by atoms with Gasteiger partial charge in [0.15, 0.2) is 5.69 Å². The molecule has 0 aliphatic rings. The molecule has 2 aromatic carbocycles. The Hall–Kier alpha value is -3.87. The SMILES string of the molecule is CC(NC(=O)c1coc(-c2cnn(-c3ccccc3)c2N)n1)c1ccccc1. The number of aromatic nitrogens is 3. The normalized spacial score (nSPS) is 11.9. The minimum Gasteiger partial charge on any atom is -0.443 e. The smallest absolute Gasteiger partial charge is 0.273 e. The second kappa shape index (κ2) is 7.40. The molecule has 0 aliphatic heterocycles. The van der Waals surface area contributed by atoms with Crippen LogP contribution in [-0.2, 0) is 0 Å². The fourth-order valence-electron chi connectivity index (χ4n) is 2.89. The number of oxazole rings is 1. The van der Waals surface area contributed by atoms with Crippen LogP contribution in [0.3, 0.4) is 0 Å². The number of hydrogen-bond donors (Lipinski definition) is 2. The van der Waals surface area contributed by atoms with Gasteiger partial charge in [0.2, 0.25) is 5.89 Å². The molecule has 3 N–H and O–H groups in total. The number of nitrogen functional groups attached to an aromatic ring is 1. The van der Waals surface area contributed by atoms with Crippen molar-refractivity contribution in [1.29, 1.82) is 0 Å². The summed E-state index contributed by atoms with van der Waals surface area (Å²) in [7, 11) is 0. The van der Waals surface area contributed by atoms with Crippen molar-refractivity contribution in [2.45, 2.75) is 13.0 Å². The van der Waals surface area contributed by atoms with Gasteiger partial charge in [-0.05, 0) is 24.6 Å².